The Morgan fingerprint density at radius 3 is 2.33 bits per heavy atom. The van der Waals surface area contributed by atoms with E-state index in [-0.39, 0.29) is 11.4 Å². The highest BCUT2D eigenvalue weighted by molar-refractivity contribution is 6.13. The van der Waals surface area contributed by atoms with Crippen molar-refractivity contribution in [2.75, 3.05) is 12.4 Å². The molecule has 0 saturated carbocycles. The third-order valence-electron chi connectivity index (χ3n) is 3.54. The number of pyridine rings is 1. The van der Waals surface area contributed by atoms with Gasteiger partial charge in [-0.2, -0.15) is 0 Å². The lowest BCUT2D eigenvalue weighted by atomic mass is 10.0. The molecule has 0 unspecified atom stereocenters. The quantitative estimate of drug-likeness (QED) is 0.682. The molecule has 0 fully saturated rings. The van der Waals surface area contributed by atoms with Gasteiger partial charge < -0.3 is 10.1 Å². The third kappa shape index (κ3) is 3.25. The van der Waals surface area contributed by atoms with E-state index in [2.05, 4.69) is 10.3 Å². The summed E-state index contributed by atoms with van der Waals surface area (Å²) >= 11 is 0. The molecule has 0 spiro atoms. The van der Waals surface area contributed by atoms with Crippen molar-refractivity contribution in [3.05, 3.63) is 83.9 Å². The van der Waals surface area contributed by atoms with Crippen molar-refractivity contribution in [3.8, 4) is 11.5 Å². The number of para-hydroxylation sites is 1. The van der Waals surface area contributed by atoms with Gasteiger partial charge in [-0.1, -0.05) is 18.2 Å². The molecular weight excluding hydrogens is 305 g/mol. The van der Waals surface area contributed by atoms with Gasteiger partial charge in [-0.3, -0.25) is 10.4 Å². The summed E-state index contributed by atoms with van der Waals surface area (Å²) in [5.74, 6) is 0.930. The van der Waals surface area contributed by atoms with Gasteiger partial charge in [0.2, 0.25) is 0 Å². The molecule has 0 aliphatic rings. The molecule has 2 N–H and O–H groups in total. The molecule has 1 heterocycles. The molecule has 0 saturated heterocycles. The largest absolute Gasteiger partial charge is 0.457 e. The van der Waals surface area contributed by atoms with Gasteiger partial charge in [-0.05, 0) is 36.4 Å². The molecule has 3 rings (SSSR count). The first kappa shape index (κ1) is 15.7. The average Bonchev–Trinajstić information content (AvgIpc) is 2.62. The second-order valence-electron chi connectivity index (χ2n) is 5.11. The summed E-state index contributed by atoms with van der Waals surface area (Å²) in [7, 11) is 1.62. The fourth-order valence-electron chi connectivity index (χ4n) is 2.35. The molecule has 0 atom stereocenters. The number of ether oxygens (including phenoxy) is 1. The summed E-state index contributed by atoms with van der Waals surface area (Å²) in [6.07, 6.45) is 2.60. The summed E-state index contributed by atoms with van der Waals surface area (Å²) in [6, 6.07) is 16.6. The SMILES string of the molecule is CNc1c(F)cncc1C(=N)c1ccc(Oc2ccccc2)cc1. The van der Waals surface area contributed by atoms with Gasteiger partial charge in [0, 0.05) is 24.4 Å². The maximum absolute atomic E-state index is 13.8. The Labute approximate surface area is 139 Å². The van der Waals surface area contributed by atoms with Crippen molar-refractivity contribution in [3.63, 3.8) is 0 Å². The normalized spacial score (nSPS) is 10.2. The first-order valence-corrected chi connectivity index (χ1v) is 7.42. The zero-order valence-electron chi connectivity index (χ0n) is 13.1. The smallest absolute Gasteiger partial charge is 0.165 e. The summed E-state index contributed by atoms with van der Waals surface area (Å²) in [5, 5.41) is 11.1. The minimum Gasteiger partial charge on any atom is -0.457 e. The average molecular weight is 321 g/mol. The van der Waals surface area contributed by atoms with E-state index in [1.165, 1.54) is 6.20 Å². The Kier molecular flexibility index (Phi) is 4.52. The molecule has 5 heteroatoms. The van der Waals surface area contributed by atoms with Crippen LogP contribution in [-0.4, -0.2) is 17.7 Å². The topological polar surface area (TPSA) is 58.0 Å². The molecule has 3 aromatic rings. The second-order valence-corrected chi connectivity index (χ2v) is 5.11. The van der Waals surface area contributed by atoms with Crippen LogP contribution in [-0.2, 0) is 0 Å². The van der Waals surface area contributed by atoms with E-state index in [1.807, 2.05) is 30.3 Å². The molecule has 24 heavy (non-hydrogen) atoms. The van der Waals surface area contributed by atoms with Crippen LogP contribution in [0.5, 0.6) is 11.5 Å². The number of anilines is 1. The van der Waals surface area contributed by atoms with Crippen LogP contribution in [0.4, 0.5) is 10.1 Å². The van der Waals surface area contributed by atoms with Crippen molar-refractivity contribution in [2.45, 2.75) is 0 Å². The predicted molar refractivity (Wildman–Crippen MR) is 92.6 cm³/mol. The van der Waals surface area contributed by atoms with Gasteiger partial charge in [0.15, 0.2) is 5.82 Å². The lowest BCUT2D eigenvalue weighted by Crippen LogP contribution is -2.08. The van der Waals surface area contributed by atoms with Crippen LogP contribution in [0, 0.1) is 11.2 Å². The van der Waals surface area contributed by atoms with Crippen molar-refractivity contribution in [1.29, 1.82) is 5.41 Å². The fraction of sp³-hybridized carbons (Fsp3) is 0.0526. The Bertz CT molecular complexity index is 848. The number of hydrogen-bond donors (Lipinski definition) is 2. The van der Waals surface area contributed by atoms with E-state index in [4.69, 9.17) is 10.1 Å². The molecule has 1 aromatic heterocycles. The third-order valence-corrected chi connectivity index (χ3v) is 3.54. The highest BCUT2D eigenvalue weighted by Gasteiger charge is 2.13. The molecule has 0 bridgehead atoms. The molecule has 2 aromatic carbocycles. The Morgan fingerprint density at radius 2 is 1.67 bits per heavy atom. The molecule has 0 radical (unpaired) electrons. The van der Waals surface area contributed by atoms with Gasteiger partial charge >= 0.3 is 0 Å². The van der Waals surface area contributed by atoms with Crippen molar-refractivity contribution in [2.24, 2.45) is 0 Å². The van der Waals surface area contributed by atoms with Crippen LogP contribution in [0.25, 0.3) is 0 Å². The standard InChI is InChI=1S/C19H16FN3O/c1-22-19-16(11-23-12-17(19)20)18(21)13-7-9-15(10-8-13)24-14-5-3-2-4-6-14/h2-12,21H,1H3,(H,22,23). The van der Waals surface area contributed by atoms with E-state index in [0.29, 0.717) is 16.9 Å². The van der Waals surface area contributed by atoms with Crippen LogP contribution in [0.1, 0.15) is 11.1 Å². The molecule has 0 aliphatic carbocycles. The van der Waals surface area contributed by atoms with Gasteiger partial charge in [0.25, 0.3) is 0 Å². The van der Waals surface area contributed by atoms with Crippen molar-refractivity contribution >= 4 is 11.4 Å². The van der Waals surface area contributed by atoms with Gasteiger partial charge in [0.05, 0.1) is 17.6 Å². The van der Waals surface area contributed by atoms with E-state index in [1.54, 1.807) is 31.3 Å². The summed E-state index contributed by atoms with van der Waals surface area (Å²) in [4.78, 5) is 3.83. The number of nitrogens with one attached hydrogen (secondary N) is 2. The Hall–Kier alpha value is -3.21. The zero-order valence-corrected chi connectivity index (χ0v) is 13.1. The zero-order chi connectivity index (χ0) is 16.9. The van der Waals surface area contributed by atoms with E-state index < -0.39 is 5.82 Å². The minimum absolute atomic E-state index is 0.192. The highest BCUT2D eigenvalue weighted by atomic mass is 19.1. The Balaban J connectivity index is 1.83. The van der Waals surface area contributed by atoms with E-state index in [0.717, 1.165) is 11.9 Å². The number of aromatic nitrogens is 1. The van der Waals surface area contributed by atoms with Crippen LogP contribution in [0.2, 0.25) is 0 Å². The van der Waals surface area contributed by atoms with Gasteiger partial charge in [-0.15, -0.1) is 0 Å². The number of nitrogens with zero attached hydrogens (tertiary/aromatic N) is 1. The molecule has 120 valence electrons. The van der Waals surface area contributed by atoms with Gasteiger partial charge in [0.1, 0.15) is 11.5 Å². The minimum atomic E-state index is -0.483. The summed E-state index contributed by atoms with van der Waals surface area (Å²) < 4.78 is 19.5. The maximum Gasteiger partial charge on any atom is 0.165 e. The predicted octanol–water partition coefficient (Wildman–Crippen LogP) is 4.47. The van der Waals surface area contributed by atoms with Crippen LogP contribution < -0.4 is 10.1 Å². The number of hydrogen-bond acceptors (Lipinski definition) is 4. The van der Waals surface area contributed by atoms with Gasteiger partial charge in [-0.25, -0.2) is 4.39 Å². The highest BCUT2D eigenvalue weighted by Crippen LogP contribution is 2.24. The summed E-state index contributed by atoms with van der Waals surface area (Å²) in [6.45, 7) is 0. The number of rotatable bonds is 5. The summed E-state index contributed by atoms with van der Waals surface area (Å²) in [5.41, 5.74) is 1.52. The number of benzene rings is 2. The molecule has 4 nitrogen and oxygen atoms in total. The van der Waals surface area contributed by atoms with Crippen molar-refractivity contribution < 1.29 is 9.13 Å². The molecule has 0 aliphatic heterocycles. The van der Waals surface area contributed by atoms with Crippen LogP contribution >= 0.6 is 0 Å². The lowest BCUT2D eigenvalue weighted by Gasteiger charge is -2.11. The maximum atomic E-state index is 13.8. The fourth-order valence-corrected chi connectivity index (χ4v) is 2.35. The van der Waals surface area contributed by atoms with Crippen LogP contribution in [0.3, 0.4) is 0 Å². The molecular formula is C19H16FN3O. The molecule has 0 amide bonds. The van der Waals surface area contributed by atoms with Crippen molar-refractivity contribution in [1.82, 2.24) is 4.98 Å². The Morgan fingerprint density at radius 1 is 1.00 bits per heavy atom. The first-order valence-electron chi connectivity index (χ1n) is 7.42. The lowest BCUT2D eigenvalue weighted by molar-refractivity contribution is 0.482. The van der Waals surface area contributed by atoms with E-state index >= 15 is 0 Å². The van der Waals surface area contributed by atoms with Crippen LogP contribution in [0.15, 0.2) is 67.0 Å². The number of halogens is 1. The van der Waals surface area contributed by atoms with E-state index in [9.17, 15) is 4.39 Å². The second kappa shape index (κ2) is 6.91. The monoisotopic (exact) mass is 321 g/mol. The first-order chi connectivity index (χ1) is 11.7.